The fourth-order valence-electron chi connectivity index (χ4n) is 4.63. The molecule has 10 heteroatoms. The van der Waals surface area contributed by atoms with Crippen molar-refractivity contribution in [2.24, 2.45) is 0 Å². The summed E-state index contributed by atoms with van der Waals surface area (Å²) in [5, 5.41) is 0. The van der Waals surface area contributed by atoms with E-state index in [-0.39, 0.29) is 35.8 Å². The van der Waals surface area contributed by atoms with Crippen molar-refractivity contribution in [3.8, 4) is 45.6 Å². The fourth-order valence-corrected chi connectivity index (χ4v) is 4.63. The van der Waals surface area contributed by atoms with Crippen molar-refractivity contribution in [2.75, 3.05) is 27.8 Å². The lowest BCUT2D eigenvalue weighted by Gasteiger charge is -2.12. The minimum absolute atomic E-state index is 0.0352. The van der Waals surface area contributed by atoms with E-state index in [0.717, 1.165) is 0 Å². The molecule has 2 aliphatic heterocycles. The average Bonchev–Trinajstić information content (AvgIpc) is 3.71. The van der Waals surface area contributed by atoms with Gasteiger partial charge in [-0.25, -0.2) is 0 Å². The highest BCUT2D eigenvalue weighted by molar-refractivity contribution is 6.50. The molecule has 0 bridgehead atoms. The van der Waals surface area contributed by atoms with Gasteiger partial charge in [0.05, 0.1) is 14.2 Å². The molecule has 0 saturated heterocycles. The third-order valence-electron chi connectivity index (χ3n) is 6.82. The quantitative estimate of drug-likeness (QED) is 0.203. The van der Waals surface area contributed by atoms with Crippen molar-refractivity contribution in [3.05, 3.63) is 95.1 Å². The van der Waals surface area contributed by atoms with Crippen molar-refractivity contribution in [2.45, 2.75) is 0 Å². The highest BCUT2D eigenvalue weighted by Gasteiger charge is 2.25. The summed E-state index contributed by atoms with van der Waals surface area (Å²) in [5.74, 6) is -0.689. The van der Waals surface area contributed by atoms with Crippen LogP contribution in [0.3, 0.4) is 0 Å². The molecule has 6 rings (SSSR count). The molecule has 0 amide bonds. The SMILES string of the molecule is COc1cc(C(=O)C(=O)c2ccc3c(c2)OCO3)cc(-c2cc(OC)cc(C(=O)C(=O)c3ccc4c(c3)OCO4)c2)c1. The van der Waals surface area contributed by atoms with E-state index in [9.17, 15) is 19.2 Å². The Balaban J connectivity index is 1.33. The number of Topliss-reactive ketones (excluding diaryl/α,β-unsaturated/α-hetero) is 4. The fraction of sp³-hybridized carbons (Fsp3) is 0.125. The monoisotopic (exact) mass is 566 g/mol. The van der Waals surface area contributed by atoms with Gasteiger partial charge >= 0.3 is 0 Å². The van der Waals surface area contributed by atoms with Crippen molar-refractivity contribution in [1.82, 2.24) is 0 Å². The molecule has 2 heterocycles. The minimum Gasteiger partial charge on any atom is -0.497 e. The van der Waals surface area contributed by atoms with Crippen LogP contribution < -0.4 is 28.4 Å². The van der Waals surface area contributed by atoms with Crippen LogP contribution >= 0.6 is 0 Å². The van der Waals surface area contributed by atoms with E-state index in [1.165, 1.54) is 62.8 Å². The zero-order valence-electron chi connectivity index (χ0n) is 22.4. The van der Waals surface area contributed by atoms with Gasteiger partial charge in [0, 0.05) is 22.3 Å². The molecule has 42 heavy (non-hydrogen) atoms. The van der Waals surface area contributed by atoms with E-state index in [0.29, 0.717) is 45.6 Å². The Bertz CT molecular complexity index is 1660. The number of hydrogen-bond acceptors (Lipinski definition) is 10. The van der Waals surface area contributed by atoms with Gasteiger partial charge in [-0.15, -0.1) is 0 Å². The molecule has 0 atom stereocenters. The third kappa shape index (κ3) is 4.90. The maximum Gasteiger partial charge on any atom is 0.233 e. The first-order chi connectivity index (χ1) is 20.3. The Labute approximate surface area is 239 Å². The van der Waals surface area contributed by atoms with Crippen LogP contribution in [0.4, 0.5) is 0 Å². The highest BCUT2D eigenvalue weighted by Crippen LogP contribution is 2.35. The Kier molecular flexibility index (Phi) is 6.79. The number of carbonyl (C=O) groups excluding carboxylic acids is 4. The summed E-state index contributed by atoms with van der Waals surface area (Å²) in [4.78, 5) is 52.8. The Morgan fingerprint density at radius 3 is 1.26 bits per heavy atom. The van der Waals surface area contributed by atoms with Gasteiger partial charge in [0.25, 0.3) is 0 Å². The summed E-state index contributed by atoms with van der Waals surface area (Å²) in [6.07, 6.45) is 0. The van der Waals surface area contributed by atoms with Gasteiger partial charge in [-0.05, 0) is 83.9 Å². The number of fused-ring (bicyclic) bond motifs is 2. The molecule has 4 aromatic rings. The Morgan fingerprint density at radius 1 is 0.476 bits per heavy atom. The van der Waals surface area contributed by atoms with E-state index in [2.05, 4.69) is 0 Å². The van der Waals surface area contributed by atoms with Gasteiger partial charge in [0.15, 0.2) is 23.0 Å². The van der Waals surface area contributed by atoms with E-state index < -0.39 is 23.1 Å². The molecule has 0 unspecified atom stereocenters. The van der Waals surface area contributed by atoms with Gasteiger partial charge in [0.1, 0.15) is 11.5 Å². The molecule has 0 spiro atoms. The summed E-state index contributed by atoms with van der Waals surface area (Å²) >= 11 is 0. The van der Waals surface area contributed by atoms with Crippen molar-refractivity contribution < 1.29 is 47.6 Å². The normalized spacial score (nSPS) is 12.5. The third-order valence-corrected chi connectivity index (χ3v) is 6.82. The predicted octanol–water partition coefficient (Wildman–Crippen LogP) is 4.96. The summed E-state index contributed by atoms with van der Waals surface area (Å²) in [6, 6.07) is 18.3. The smallest absolute Gasteiger partial charge is 0.233 e. The minimum atomic E-state index is -0.772. The van der Waals surface area contributed by atoms with Crippen molar-refractivity contribution >= 4 is 23.1 Å². The largest absolute Gasteiger partial charge is 0.497 e. The van der Waals surface area contributed by atoms with Crippen LogP contribution in [0.25, 0.3) is 11.1 Å². The summed E-state index contributed by atoms with van der Waals surface area (Å²) in [5.41, 5.74) is 1.34. The summed E-state index contributed by atoms with van der Waals surface area (Å²) in [7, 11) is 2.86. The van der Waals surface area contributed by atoms with Crippen molar-refractivity contribution in [3.63, 3.8) is 0 Å². The lowest BCUT2D eigenvalue weighted by Crippen LogP contribution is -2.15. The number of ketones is 4. The number of benzene rings is 4. The van der Waals surface area contributed by atoms with E-state index in [1.54, 1.807) is 24.3 Å². The van der Waals surface area contributed by atoms with Crippen LogP contribution in [0.5, 0.6) is 34.5 Å². The van der Waals surface area contributed by atoms with Crippen LogP contribution in [0.1, 0.15) is 41.4 Å². The number of hydrogen-bond donors (Lipinski definition) is 0. The standard InChI is InChI=1S/C32H22O10/c1-37-23-9-19(7-21(11-23)31(35)29(33)17-3-5-25-27(13-17)41-15-39-25)20-8-22(12-24(10-20)38-2)32(36)30(34)18-4-6-26-28(14-18)42-16-40-26/h3-14H,15-16H2,1-2H3. The molecular formula is C32H22O10. The lowest BCUT2D eigenvalue weighted by atomic mass is 9.94. The molecule has 10 nitrogen and oxygen atoms in total. The second-order valence-corrected chi connectivity index (χ2v) is 9.35. The second-order valence-electron chi connectivity index (χ2n) is 9.35. The van der Waals surface area contributed by atoms with E-state index in [4.69, 9.17) is 28.4 Å². The topological polar surface area (TPSA) is 124 Å². The van der Waals surface area contributed by atoms with Gasteiger partial charge in [0.2, 0.25) is 36.7 Å². The van der Waals surface area contributed by atoms with Crippen LogP contribution in [0.15, 0.2) is 72.8 Å². The number of rotatable bonds is 9. The predicted molar refractivity (Wildman–Crippen MR) is 147 cm³/mol. The van der Waals surface area contributed by atoms with E-state index in [1.807, 2.05) is 0 Å². The molecule has 0 saturated carbocycles. The Morgan fingerprint density at radius 2 is 0.857 bits per heavy atom. The summed E-state index contributed by atoms with van der Waals surface area (Å²) < 4.78 is 32.0. The highest BCUT2D eigenvalue weighted by atomic mass is 16.7. The molecular weight excluding hydrogens is 544 g/mol. The first-order valence-electron chi connectivity index (χ1n) is 12.7. The number of methoxy groups -OCH3 is 2. The van der Waals surface area contributed by atoms with Crippen LogP contribution in [-0.2, 0) is 0 Å². The number of ether oxygens (including phenoxy) is 6. The molecule has 0 aromatic heterocycles. The molecule has 0 fully saturated rings. The number of carbonyl (C=O) groups is 4. The second kappa shape index (κ2) is 10.7. The first kappa shape index (κ1) is 26.6. The summed E-state index contributed by atoms with van der Waals surface area (Å²) in [6.45, 7) is 0.0704. The van der Waals surface area contributed by atoms with Crippen molar-refractivity contribution in [1.29, 1.82) is 0 Å². The lowest BCUT2D eigenvalue weighted by molar-refractivity contribution is 0.0816. The van der Waals surface area contributed by atoms with Crippen LogP contribution in [0.2, 0.25) is 0 Å². The average molecular weight is 567 g/mol. The maximum absolute atomic E-state index is 13.3. The molecule has 0 radical (unpaired) electrons. The van der Waals surface area contributed by atoms with Gasteiger partial charge in [-0.2, -0.15) is 0 Å². The maximum atomic E-state index is 13.3. The zero-order valence-corrected chi connectivity index (χ0v) is 22.4. The molecule has 210 valence electrons. The van der Waals surface area contributed by atoms with E-state index >= 15 is 0 Å². The first-order valence-corrected chi connectivity index (χ1v) is 12.7. The van der Waals surface area contributed by atoms with Crippen LogP contribution in [-0.4, -0.2) is 50.9 Å². The van der Waals surface area contributed by atoms with Crippen LogP contribution in [0, 0.1) is 0 Å². The molecule has 0 N–H and O–H groups in total. The molecule has 2 aliphatic rings. The van der Waals surface area contributed by atoms with Gasteiger partial charge < -0.3 is 28.4 Å². The zero-order chi connectivity index (χ0) is 29.4. The molecule has 0 aliphatic carbocycles. The Hall–Kier alpha value is -5.64. The van der Waals surface area contributed by atoms with Gasteiger partial charge in [-0.1, -0.05) is 0 Å². The molecule has 4 aromatic carbocycles. The van der Waals surface area contributed by atoms with Gasteiger partial charge in [-0.3, -0.25) is 19.2 Å².